The van der Waals surface area contributed by atoms with Crippen LogP contribution in [0.15, 0.2) is 29.4 Å². The molecule has 3 aliphatic heterocycles. The number of ether oxygens (including phenoxy) is 1. The summed E-state index contributed by atoms with van der Waals surface area (Å²) in [5.41, 5.74) is 9.49. The lowest BCUT2D eigenvalue weighted by Crippen LogP contribution is -2.62. The molecule has 5 fully saturated rings. The predicted octanol–water partition coefficient (Wildman–Crippen LogP) is 2.26. The fraction of sp³-hybridized carbons (Fsp3) is 0.667. The zero-order valence-electron chi connectivity index (χ0n) is 21.6. The number of fused-ring (bicyclic) bond motifs is 1. The summed E-state index contributed by atoms with van der Waals surface area (Å²) in [6.07, 6.45) is 5.65. The Labute approximate surface area is 222 Å². The van der Waals surface area contributed by atoms with E-state index in [1.54, 1.807) is 0 Å². The van der Waals surface area contributed by atoms with Gasteiger partial charge >= 0.3 is 0 Å². The van der Waals surface area contributed by atoms with Crippen LogP contribution in [0, 0.1) is 0 Å². The minimum absolute atomic E-state index is 0.0993. The Bertz CT molecular complexity index is 1130. The average Bonchev–Trinajstić information content (AvgIpc) is 3.64. The van der Waals surface area contributed by atoms with Gasteiger partial charge in [-0.1, -0.05) is 24.4 Å². The number of Topliss-reactive ketones (excluding diaryl/α,β-unsaturated/α-hetero) is 1. The van der Waals surface area contributed by atoms with Crippen LogP contribution >= 0.6 is 0 Å². The predicted molar refractivity (Wildman–Crippen MR) is 140 cm³/mol. The molecule has 0 radical (unpaired) electrons. The van der Waals surface area contributed by atoms with Crippen molar-refractivity contribution in [1.29, 1.82) is 0 Å². The zero-order chi connectivity index (χ0) is 26.3. The third-order valence-electron chi connectivity index (χ3n) is 8.96. The lowest BCUT2D eigenvalue weighted by molar-refractivity contribution is -0.143. The highest BCUT2D eigenvalue weighted by atomic mass is 16.5. The molecule has 0 unspecified atom stereocenters. The van der Waals surface area contributed by atoms with Crippen LogP contribution in [-0.4, -0.2) is 96.5 Å². The molecule has 6 rings (SSSR count). The molecule has 2 aliphatic carbocycles. The van der Waals surface area contributed by atoms with E-state index in [2.05, 4.69) is 25.1 Å². The maximum absolute atomic E-state index is 14.0. The Kier molecular flexibility index (Phi) is 6.75. The number of hydrogen-bond acceptors (Lipinski definition) is 7. The van der Waals surface area contributed by atoms with Gasteiger partial charge in [0.2, 0.25) is 5.91 Å². The van der Waals surface area contributed by atoms with Gasteiger partial charge in [-0.2, -0.15) is 0 Å². The number of carbonyl (C=O) groups excluding carboxylic acids is 3. The van der Waals surface area contributed by atoms with Crippen molar-refractivity contribution in [3.63, 3.8) is 0 Å². The van der Waals surface area contributed by atoms with Crippen molar-refractivity contribution in [2.75, 3.05) is 44.2 Å². The van der Waals surface area contributed by atoms with Crippen LogP contribution in [0.3, 0.4) is 0 Å². The normalized spacial score (nSPS) is 29.1. The van der Waals surface area contributed by atoms with Gasteiger partial charge in [0.1, 0.15) is 18.2 Å². The number of carbonyl (C=O) groups is 3. The van der Waals surface area contributed by atoms with E-state index < -0.39 is 23.7 Å². The number of benzene rings is 1. The van der Waals surface area contributed by atoms with Crippen LogP contribution in [0.2, 0.25) is 0 Å². The minimum atomic E-state index is -1.09. The van der Waals surface area contributed by atoms with Crippen LogP contribution < -0.4 is 10.2 Å². The largest absolute Gasteiger partial charge is 0.369 e. The molecule has 0 bridgehead atoms. The molecule has 38 heavy (non-hydrogen) atoms. The fourth-order valence-electron chi connectivity index (χ4n) is 6.73. The van der Waals surface area contributed by atoms with Gasteiger partial charge in [0.05, 0.1) is 12.1 Å². The molecule has 202 valence electrons. The highest BCUT2D eigenvalue weighted by Crippen LogP contribution is 2.36. The number of azide groups is 1. The number of likely N-dealkylation sites (tertiary alicyclic amines) is 1. The first-order valence-corrected chi connectivity index (χ1v) is 13.9. The molecule has 2 saturated carbocycles. The summed E-state index contributed by atoms with van der Waals surface area (Å²) < 4.78 is 5.58. The Morgan fingerprint density at radius 3 is 2.42 bits per heavy atom. The molecule has 0 spiro atoms. The number of nitrogens with one attached hydrogen (secondary N) is 1. The van der Waals surface area contributed by atoms with Gasteiger partial charge < -0.3 is 19.9 Å². The van der Waals surface area contributed by atoms with Gasteiger partial charge in [0.15, 0.2) is 5.78 Å². The topological polar surface area (TPSA) is 131 Å². The number of rotatable bonds is 6. The summed E-state index contributed by atoms with van der Waals surface area (Å²) in [5.74, 6) is -0.758. The van der Waals surface area contributed by atoms with Crippen LogP contribution in [-0.2, 0) is 14.3 Å². The SMILES string of the molecule is [N-]=[N+]=N[C@@H]1CN(C(=O)C2(NC(=O)c3ccc(N4CCN(C5CC5)CC4)cc3)CCCCC2)[C@@H]2C(=O)CO[C@@H]21. The lowest BCUT2D eigenvalue weighted by atomic mass is 9.80. The van der Waals surface area contributed by atoms with Gasteiger partial charge in [-0.15, -0.1) is 0 Å². The summed E-state index contributed by atoms with van der Waals surface area (Å²) in [7, 11) is 0. The maximum atomic E-state index is 14.0. The minimum Gasteiger partial charge on any atom is -0.369 e. The molecule has 3 saturated heterocycles. The Hall–Kier alpha value is -3.14. The average molecular weight is 522 g/mol. The number of amides is 2. The smallest absolute Gasteiger partial charge is 0.252 e. The number of piperazine rings is 1. The first-order chi connectivity index (χ1) is 18.5. The Morgan fingerprint density at radius 2 is 1.76 bits per heavy atom. The van der Waals surface area contributed by atoms with E-state index in [0.717, 1.165) is 57.2 Å². The number of nitrogens with zero attached hydrogens (tertiary/aromatic N) is 6. The van der Waals surface area contributed by atoms with Gasteiger partial charge in [-0.05, 0) is 55.5 Å². The molecule has 1 aromatic carbocycles. The molecule has 3 atom stereocenters. The van der Waals surface area contributed by atoms with Gasteiger partial charge in [0.25, 0.3) is 5.91 Å². The third-order valence-corrected chi connectivity index (χ3v) is 8.96. The molecule has 1 aromatic rings. The Balaban J connectivity index is 1.16. The van der Waals surface area contributed by atoms with Crippen molar-refractivity contribution in [2.45, 2.75) is 74.7 Å². The van der Waals surface area contributed by atoms with Crippen LogP contribution in [0.1, 0.15) is 55.3 Å². The summed E-state index contributed by atoms with van der Waals surface area (Å²) in [5, 5.41) is 6.87. The fourth-order valence-corrected chi connectivity index (χ4v) is 6.73. The van der Waals surface area contributed by atoms with Crippen molar-refractivity contribution in [1.82, 2.24) is 15.1 Å². The molecule has 3 heterocycles. The van der Waals surface area contributed by atoms with E-state index in [4.69, 9.17) is 10.3 Å². The molecule has 5 aliphatic rings. The van der Waals surface area contributed by atoms with Crippen molar-refractivity contribution in [3.05, 3.63) is 40.3 Å². The number of hydrogen-bond donors (Lipinski definition) is 1. The standard InChI is InChI=1S/C27H35N7O4/c28-31-30-21-16-34(23-22(35)17-38-24(21)23)26(37)27(10-2-1-3-11-27)29-25(36)18-4-6-19(7-5-18)32-12-14-33(15-13-32)20-8-9-20/h4-7,20-21,23-24H,1-3,8-17H2,(H,29,36)/t21-,23-,24-/m1/s1. The highest BCUT2D eigenvalue weighted by molar-refractivity contribution is 6.01. The summed E-state index contributed by atoms with van der Waals surface area (Å²) >= 11 is 0. The lowest BCUT2D eigenvalue weighted by Gasteiger charge is -2.40. The molecular formula is C27H35N7O4. The van der Waals surface area contributed by atoms with E-state index in [1.807, 2.05) is 24.3 Å². The summed E-state index contributed by atoms with van der Waals surface area (Å²) in [6, 6.07) is 7.04. The number of anilines is 1. The van der Waals surface area contributed by atoms with Gasteiger partial charge in [-0.25, -0.2) is 0 Å². The number of ketones is 1. The van der Waals surface area contributed by atoms with E-state index in [-0.39, 0.29) is 30.7 Å². The van der Waals surface area contributed by atoms with E-state index in [9.17, 15) is 14.4 Å². The molecule has 11 nitrogen and oxygen atoms in total. The molecular weight excluding hydrogens is 486 g/mol. The van der Waals surface area contributed by atoms with Crippen molar-refractivity contribution in [3.8, 4) is 0 Å². The van der Waals surface area contributed by atoms with E-state index >= 15 is 0 Å². The van der Waals surface area contributed by atoms with Crippen molar-refractivity contribution < 1.29 is 19.1 Å². The maximum Gasteiger partial charge on any atom is 0.252 e. The molecule has 11 heteroatoms. The second-order valence-corrected chi connectivity index (χ2v) is 11.3. The highest BCUT2D eigenvalue weighted by Gasteiger charge is 2.56. The monoisotopic (exact) mass is 521 g/mol. The van der Waals surface area contributed by atoms with Crippen LogP contribution in [0.4, 0.5) is 5.69 Å². The molecule has 1 N–H and O–H groups in total. The van der Waals surface area contributed by atoms with E-state index in [1.165, 1.54) is 17.7 Å². The summed E-state index contributed by atoms with van der Waals surface area (Å²) in [4.78, 5) is 49.4. The van der Waals surface area contributed by atoms with Gasteiger partial charge in [-0.3, -0.25) is 19.3 Å². The second-order valence-electron chi connectivity index (χ2n) is 11.3. The first-order valence-electron chi connectivity index (χ1n) is 13.9. The second kappa shape index (κ2) is 10.2. The van der Waals surface area contributed by atoms with Crippen LogP contribution in [0.25, 0.3) is 10.4 Å². The molecule has 2 amide bonds. The summed E-state index contributed by atoms with van der Waals surface area (Å²) in [6.45, 7) is 4.13. The van der Waals surface area contributed by atoms with Gasteiger partial charge in [0, 0.05) is 54.9 Å². The molecule has 0 aromatic heterocycles. The quantitative estimate of drug-likeness (QED) is 0.347. The first kappa shape index (κ1) is 25.2. The van der Waals surface area contributed by atoms with E-state index in [0.29, 0.717) is 18.4 Å². The van der Waals surface area contributed by atoms with Crippen molar-refractivity contribution in [2.24, 2.45) is 5.11 Å². The Morgan fingerprint density at radius 1 is 1.05 bits per heavy atom. The zero-order valence-corrected chi connectivity index (χ0v) is 21.6. The van der Waals surface area contributed by atoms with Crippen molar-refractivity contribution >= 4 is 23.3 Å². The van der Waals surface area contributed by atoms with Crippen LogP contribution in [0.5, 0.6) is 0 Å². The third kappa shape index (κ3) is 4.63.